The second-order valence-electron chi connectivity index (χ2n) is 7.54. The molecule has 2 aliphatic rings. The van der Waals surface area contributed by atoms with Crippen LogP contribution < -0.4 is 4.90 Å². The number of oxazole rings is 1. The summed E-state index contributed by atoms with van der Waals surface area (Å²) in [6.45, 7) is 12.5. The van der Waals surface area contributed by atoms with Crippen LogP contribution in [-0.2, 0) is 11.2 Å². The molecule has 1 aromatic rings. The summed E-state index contributed by atoms with van der Waals surface area (Å²) >= 11 is 0. The maximum atomic E-state index is 6.24. The predicted octanol–water partition coefficient (Wildman–Crippen LogP) is 3.02. The van der Waals surface area contributed by atoms with Crippen LogP contribution >= 0.6 is 0 Å². The molecule has 0 N–H and O–H groups in total. The highest BCUT2D eigenvalue weighted by atomic mass is 16.5. The van der Waals surface area contributed by atoms with E-state index < -0.39 is 0 Å². The van der Waals surface area contributed by atoms with E-state index in [1.807, 2.05) is 19.0 Å². The minimum absolute atomic E-state index is 0.444. The first-order chi connectivity index (χ1) is 14.1. The molecular weight excluding hydrogens is 368 g/mol. The van der Waals surface area contributed by atoms with Gasteiger partial charge in [-0.1, -0.05) is 20.8 Å². The molecular formula is C21H34N6O2. The van der Waals surface area contributed by atoms with Gasteiger partial charge in [-0.25, -0.2) is 0 Å². The Kier molecular flexibility index (Phi) is 7.41. The van der Waals surface area contributed by atoms with Crippen LogP contribution in [0.3, 0.4) is 0 Å². The van der Waals surface area contributed by atoms with E-state index in [1.54, 1.807) is 0 Å². The summed E-state index contributed by atoms with van der Waals surface area (Å²) in [7, 11) is 1.96. The topological polar surface area (TPSA) is 78.8 Å². The smallest absolute Gasteiger partial charge is 0.298 e. The van der Waals surface area contributed by atoms with Crippen molar-refractivity contribution >= 4 is 23.1 Å². The number of aliphatic imine (C=N–C) groups is 2. The normalized spacial score (nSPS) is 22.3. The number of ether oxygens (including phenoxy) is 1. The van der Waals surface area contributed by atoms with Crippen LogP contribution in [0.1, 0.15) is 52.0 Å². The maximum Gasteiger partial charge on any atom is 0.298 e. The van der Waals surface area contributed by atoms with Gasteiger partial charge in [0.15, 0.2) is 5.76 Å². The highest BCUT2D eigenvalue weighted by molar-refractivity contribution is 6.47. The summed E-state index contributed by atoms with van der Waals surface area (Å²) in [4.78, 5) is 16.5. The molecule has 2 aliphatic heterocycles. The first-order valence-electron chi connectivity index (χ1n) is 10.7. The first kappa shape index (κ1) is 21.5. The molecule has 0 aromatic carbocycles. The van der Waals surface area contributed by atoms with Gasteiger partial charge in [-0.05, 0) is 26.2 Å². The van der Waals surface area contributed by atoms with Crippen molar-refractivity contribution in [1.82, 2.24) is 9.99 Å². The van der Waals surface area contributed by atoms with Crippen molar-refractivity contribution in [2.24, 2.45) is 21.0 Å². The summed E-state index contributed by atoms with van der Waals surface area (Å²) in [5.41, 5.74) is 3.69. The van der Waals surface area contributed by atoms with Crippen LogP contribution in [0.5, 0.6) is 0 Å². The highest BCUT2D eigenvalue weighted by Gasteiger charge is 2.24. The minimum atomic E-state index is 0.444. The summed E-state index contributed by atoms with van der Waals surface area (Å²) in [6.07, 6.45) is 2.91. The molecule has 0 aliphatic carbocycles. The van der Waals surface area contributed by atoms with E-state index in [1.165, 1.54) is 0 Å². The minimum Gasteiger partial charge on any atom is -0.421 e. The molecule has 0 unspecified atom stereocenters. The fraction of sp³-hybridized carbons (Fsp3) is 0.714. The standard InChI is InChI=1S/C21H34N6O2/c1-6-16(7-2)18-13-22-15(4)19(23-14-26(5)25-18)20-17(8-3)24-21(29-20)27-9-11-28-12-10-27/h16H,6-14H2,1-5H3/b22-15?,23-19+,25-18+. The number of morpholine rings is 1. The molecule has 160 valence electrons. The lowest BCUT2D eigenvalue weighted by molar-refractivity contribution is 0.120. The summed E-state index contributed by atoms with van der Waals surface area (Å²) in [5.74, 6) is 1.18. The van der Waals surface area contributed by atoms with Gasteiger partial charge in [-0.15, -0.1) is 0 Å². The van der Waals surface area contributed by atoms with Crippen LogP contribution in [0.15, 0.2) is 19.5 Å². The fourth-order valence-electron chi connectivity index (χ4n) is 3.70. The zero-order valence-corrected chi connectivity index (χ0v) is 18.4. The lowest BCUT2D eigenvalue weighted by Gasteiger charge is -2.24. The van der Waals surface area contributed by atoms with Gasteiger partial charge in [-0.2, -0.15) is 10.1 Å². The maximum absolute atomic E-state index is 6.24. The van der Waals surface area contributed by atoms with Crippen LogP contribution in [0.25, 0.3) is 0 Å². The van der Waals surface area contributed by atoms with E-state index in [4.69, 9.17) is 29.2 Å². The Balaban J connectivity index is 1.92. The molecule has 3 heterocycles. The predicted molar refractivity (Wildman–Crippen MR) is 118 cm³/mol. The van der Waals surface area contributed by atoms with Gasteiger partial charge < -0.3 is 14.1 Å². The molecule has 0 atom stereocenters. The van der Waals surface area contributed by atoms with Crippen molar-refractivity contribution in [3.8, 4) is 0 Å². The van der Waals surface area contributed by atoms with Crippen molar-refractivity contribution < 1.29 is 9.15 Å². The van der Waals surface area contributed by atoms with Gasteiger partial charge >= 0.3 is 0 Å². The zero-order valence-electron chi connectivity index (χ0n) is 18.4. The number of aryl methyl sites for hydroxylation is 1. The van der Waals surface area contributed by atoms with Crippen LogP contribution in [0.4, 0.5) is 6.01 Å². The number of aromatic nitrogens is 1. The lowest BCUT2D eigenvalue weighted by atomic mass is 9.97. The number of hydrazone groups is 1. The number of nitrogens with zero attached hydrogens (tertiary/aromatic N) is 6. The molecule has 0 radical (unpaired) electrons. The summed E-state index contributed by atoms with van der Waals surface area (Å²) in [5, 5.41) is 6.68. The molecule has 0 bridgehead atoms. The van der Waals surface area contributed by atoms with Crippen LogP contribution in [0, 0.1) is 5.92 Å². The zero-order chi connectivity index (χ0) is 20.8. The Bertz CT molecular complexity index is 772. The molecule has 1 aromatic heterocycles. The molecule has 1 fully saturated rings. The number of hydrogen-bond acceptors (Lipinski definition) is 8. The number of anilines is 1. The number of hydrogen-bond donors (Lipinski definition) is 0. The molecule has 0 amide bonds. The Morgan fingerprint density at radius 1 is 1.07 bits per heavy atom. The van der Waals surface area contributed by atoms with Gasteiger partial charge in [0.2, 0.25) is 0 Å². The van der Waals surface area contributed by atoms with Crippen molar-refractivity contribution in [1.29, 1.82) is 0 Å². The van der Waals surface area contributed by atoms with Crippen molar-refractivity contribution in [3.63, 3.8) is 0 Å². The average molecular weight is 403 g/mol. The SMILES string of the molecule is CCc1nc(N2CCOCC2)oc1/C1=N/CN(C)/N=C(/C(CC)CC)CN=C1C. The van der Waals surface area contributed by atoms with Crippen LogP contribution in [0.2, 0.25) is 0 Å². The molecule has 8 nitrogen and oxygen atoms in total. The lowest BCUT2D eigenvalue weighted by Crippen LogP contribution is -2.36. The third kappa shape index (κ3) is 5.04. The Morgan fingerprint density at radius 3 is 2.45 bits per heavy atom. The summed E-state index contributed by atoms with van der Waals surface area (Å²) < 4.78 is 11.7. The van der Waals surface area contributed by atoms with E-state index in [0.717, 1.165) is 60.9 Å². The van der Waals surface area contributed by atoms with Crippen LogP contribution in [-0.4, -0.2) is 73.7 Å². The molecule has 3 rings (SSSR count). The van der Waals surface area contributed by atoms with Crippen molar-refractivity contribution in [3.05, 3.63) is 11.5 Å². The van der Waals surface area contributed by atoms with E-state index in [0.29, 0.717) is 38.4 Å². The van der Waals surface area contributed by atoms with E-state index in [9.17, 15) is 0 Å². The third-order valence-corrected chi connectivity index (χ3v) is 5.53. The van der Waals surface area contributed by atoms with Gasteiger partial charge in [0.05, 0.1) is 36.9 Å². The third-order valence-electron chi connectivity index (χ3n) is 5.53. The molecule has 29 heavy (non-hydrogen) atoms. The van der Waals surface area contributed by atoms with Gasteiger partial charge in [0, 0.05) is 26.1 Å². The van der Waals surface area contributed by atoms with E-state index >= 15 is 0 Å². The molecule has 0 spiro atoms. The van der Waals surface area contributed by atoms with E-state index in [-0.39, 0.29) is 0 Å². The van der Waals surface area contributed by atoms with Crippen molar-refractivity contribution in [2.45, 2.75) is 47.0 Å². The Labute approximate surface area is 173 Å². The molecule has 8 heteroatoms. The number of rotatable bonds is 6. The Morgan fingerprint density at radius 2 is 1.79 bits per heavy atom. The first-order valence-corrected chi connectivity index (χ1v) is 10.7. The largest absolute Gasteiger partial charge is 0.421 e. The second-order valence-corrected chi connectivity index (χ2v) is 7.54. The van der Waals surface area contributed by atoms with Crippen molar-refractivity contribution in [2.75, 3.05) is 51.5 Å². The quantitative estimate of drug-likeness (QED) is 0.731. The highest BCUT2D eigenvalue weighted by Crippen LogP contribution is 2.23. The van der Waals surface area contributed by atoms with Gasteiger partial charge in [0.1, 0.15) is 12.4 Å². The molecule has 0 saturated carbocycles. The van der Waals surface area contributed by atoms with E-state index in [2.05, 4.69) is 25.7 Å². The Hall–Kier alpha value is -2.22. The average Bonchev–Trinajstić information content (AvgIpc) is 3.19. The molecule has 1 saturated heterocycles. The van der Waals surface area contributed by atoms with Gasteiger partial charge in [0.25, 0.3) is 6.01 Å². The van der Waals surface area contributed by atoms with Gasteiger partial charge in [-0.3, -0.25) is 15.0 Å². The monoisotopic (exact) mass is 402 g/mol. The fourth-order valence-corrected chi connectivity index (χ4v) is 3.70. The second kappa shape index (κ2) is 10.0. The summed E-state index contributed by atoms with van der Waals surface area (Å²) in [6, 6.07) is 0.651.